The fourth-order valence-corrected chi connectivity index (χ4v) is 1.75. The van der Waals surface area contributed by atoms with E-state index >= 15 is 0 Å². The molecular weight excluding hydrogens is 252 g/mol. The van der Waals surface area contributed by atoms with E-state index in [0.717, 1.165) is 17.1 Å². The van der Waals surface area contributed by atoms with Gasteiger partial charge in [-0.1, -0.05) is 0 Å². The zero-order valence-electron chi connectivity index (χ0n) is 12.6. The maximum atomic E-state index is 5.75. The second-order valence-electron chi connectivity index (χ2n) is 5.68. The van der Waals surface area contributed by atoms with E-state index in [1.807, 2.05) is 31.2 Å². The highest BCUT2D eigenvalue weighted by molar-refractivity contribution is 5.57. The normalized spacial score (nSPS) is 11.6. The summed E-state index contributed by atoms with van der Waals surface area (Å²) in [5, 5.41) is 3.35. The number of oxazole rings is 1. The molecule has 2 rings (SSSR count). The summed E-state index contributed by atoms with van der Waals surface area (Å²) in [5.41, 5.74) is 1.05. The number of nitrogens with one attached hydrogen (secondary N) is 1. The molecule has 0 aliphatic carbocycles. The predicted molar refractivity (Wildman–Crippen MR) is 79.7 cm³/mol. The first kappa shape index (κ1) is 14.6. The smallest absolute Gasteiger partial charge is 0.208 e. The summed E-state index contributed by atoms with van der Waals surface area (Å²) < 4.78 is 11.2. The Kier molecular flexibility index (Phi) is 4.45. The highest BCUT2D eigenvalue weighted by Gasteiger charge is 2.12. The van der Waals surface area contributed by atoms with Crippen molar-refractivity contribution in [2.45, 2.75) is 39.8 Å². The molecule has 0 aliphatic rings. The first-order chi connectivity index (χ1) is 9.48. The Bertz CT molecular complexity index is 538. The molecule has 1 heterocycles. The standard InChI is InChI=1S/C16H22N2O2/c1-5-19-13-8-6-12(7-9-13)14-10-17-15(20-14)11-18-16(2,3)4/h6-10,18H,5,11H2,1-4H3. The molecule has 0 bridgehead atoms. The van der Waals surface area contributed by atoms with Gasteiger partial charge in [0.25, 0.3) is 0 Å². The summed E-state index contributed by atoms with van der Waals surface area (Å²) >= 11 is 0. The van der Waals surface area contributed by atoms with Gasteiger partial charge in [0.2, 0.25) is 5.89 Å². The summed E-state index contributed by atoms with van der Waals surface area (Å²) in [5.74, 6) is 2.34. The van der Waals surface area contributed by atoms with Gasteiger partial charge in [-0.05, 0) is 52.0 Å². The Morgan fingerprint density at radius 2 is 1.90 bits per heavy atom. The molecule has 20 heavy (non-hydrogen) atoms. The number of aromatic nitrogens is 1. The average Bonchev–Trinajstić information content (AvgIpc) is 2.86. The van der Waals surface area contributed by atoms with Gasteiger partial charge >= 0.3 is 0 Å². The van der Waals surface area contributed by atoms with E-state index in [4.69, 9.17) is 9.15 Å². The number of benzene rings is 1. The van der Waals surface area contributed by atoms with Gasteiger partial charge in [-0.25, -0.2) is 4.98 Å². The van der Waals surface area contributed by atoms with E-state index in [9.17, 15) is 0 Å². The van der Waals surface area contributed by atoms with Crippen LogP contribution in [0.5, 0.6) is 5.75 Å². The third-order valence-corrected chi connectivity index (χ3v) is 2.77. The minimum absolute atomic E-state index is 0.0494. The van der Waals surface area contributed by atoms with Crippen LogP contribution in [-0.2, 0) is 6.54 Å². The van der Waals surface area contributed by atoms with Gasteiger partial charge in [0, 0.05) is 11.1 Å². The quantitative estimate of drug-likeness (QED) is 0.904. The van der Waals surface area contributed by atoms with Crippen LogP contribution in [0.1, 0.15) is 33.6 Å². The number of hydrogen-bond donors (Lipinski definition) is 1. The second-order valence-corrected chi connectivity index (χ2v) is 5.68. The zero-order chi connectivity index (χ0) is 14.6. The lowest BCUT2D eigenvalue weighted by atomic mass is 10.1. The van der Waals surface area contributed by atoms with E-state index in [1.165, 1.54) is 0 Å². The first-order valence-corrected chi connectivity index (χ1v) is 6.91. The third-order valence-electron chi connectivity index (χ3n) is 2.77. The zero-order valence-corrected chi connectivity index (χ0v) is 12.6. The van der Waals surface area contributed by atoms with E-state index in [-0.39, 0.29) is 5.54 Å². The van der Waals surface area contributed by atoms with Crippen LogP contribution in [0.4, 0.5) is 0 Å². The van der Waals surface area contributed by atoms with Crippen LogP contribution in [0.15, 0.2) is 34.9 Å². The van der Waals surface area contributed by atoms with Gasteiger partial charge in [-0.2, -0.15) is 0 Å². The third kappa shape index (κ3) is 4.10. The van der Waals surface area contributed by atoms with Crippen LogP contribution in [0, 0.1) is 0 Å². The van der Waals surface area contributed by atoms with Gasteiger partial charge in [0.1, 0.15) is 5.75 Å². The Morgan fingerprint density at radius 3 is 2.50 bits per heavy atom. The molecule has 2 aromatic rings. The molecule has 0 saturated carbocycles. The van der Waals surface area contributed by atoms with E-state index in [2.05, 4.69) is 31.1 Å². The van der Waals surface area contributed by atoms with Crippen LogP contribution >= 0.6 is 0 Å². The fourth-order valence-electron chi connectivity index (χ4n) is 1.75. The van der Waals surface area contributed by atoms with Crippen molar-refractivity contribution in [2.24, 2.45) is 0 Å². The molecule has 0 amide bonds. The molecule has 1 N–H and O–H groups in total. The van der Waals surface area contributed by atoms with Crippen LogP contribution in [-0.4, -0.2) is 17.1 Å². The van der Waals surface area contributed by atoms with Crippen molar-refractivity contribution in [3.63, 3.8) is 0 Å². The summed E-state index contributed by atoms with van der Waals surface area (Å²) in [6.45, 7) is 9.61. The molecule has 4 heteroatoms. The molecule has 0 radical (unpaired) electrons. The van der Waals surface area contributed by atoms with Crippen LogP contribution in [0.2, 0.25) is 0 Å². The molecule has 0 spiro atoms. The summed E-state index contributed by atoms with van der Waals surface area (Å²) in [4.78, 5) is 4.29. The van der Waals surface area contributed by atoms with Crippen molar-refractivity contribution in [3.05, 3.63) is 36.4 Å². The maximum Gasteiger partial charge on any atom is 0.208 e. The fraction of sp³-hybridized carbons (Fsp3) is 0.438. The van der Waals surface area contributed by atoms with Crippen molar-refractivity contribution >= 4 is 0 Å². The largest absolute Gasteiger partial charge is 0.494 e. The topological polar surface area (TPSA) is 47.3 Å². The summed E-state index contributed by atoms with van der Waals surface area (Å²) in [6, 6.07) is 7.84. The minimum Gasteiger partial charge on any atom is -0.494 e. The van der Waals surface area contributed by atoms with Crippen molar-refractivity contribution in [1.29, 1.82) is 0 Å². The van der Waals surface area contributed by atoms with E-state index in [1.54, 1.807) is 6.20 Å². The molecule has 0 saturated heterocycles. The number of ether oxygens (including phenoxy) is 1. The molecule has 0 atom stereocenters. The Hall–Kier alpha value is -1.81. The lowest BCUT2D eigenvalue weighted by molar-refractivity contribution is 0.340. The summed E-state index contributed by atoms with van der Waals surface area (Å²) in [7, 11) is 0. The molecule has 0 fully saturated rings. The SMILES string of the molecule is CCOc1ccc(-c2cnc(CNC(C)(C)C)o2)cc1. The Morgan fingerprint density at radius 1 is 1.20 bits per heavy atom. The second kappa shape index (κ2) is 6.09. The van der Waals surface area contributed by atoms with Gasteiger partial charge in [0.05, 0.1) is 19.3 Å². The van der Waals surface area contributed by atoms with Gasteiger partial charge < -0.3 is 14.5 Å². The average molecular weight is 274 g/mol. The van der Waals surface area contributed by atoms with Gasteiger partial charge in [-0.3, -0.25) is 0 Å². The molecular formula is C16H22N2O2. The van der Waals surface area contributed by atoms with Crippen molar-refractivity contribution in [2.75, 3.05) is 6.61 Å². The number of hydrogen-bond acceptors (Lipinski definition) is 4. The highest BCUT2D eigenvalue weighted by Crippen LogP contribution is 2.23. The minimum atomic E-state index is 0.0494. The maximum absolute atomic E-state index is 5.75. The lowest BCUT2D eigenvalue weighted by Crippen LogP contribution is -2.35. The van der Waals surface area contributed by atoms with E-state index in [0.29, 0.717) is 19.0 Å². The van der Waals surface area contributed by atoms with Crippen molar-refractivity contribution in [3.8, 4) is 17.1 Å². The first-order valence-electron chi connectivity index (χ1n) is 6.91. The number of rotatable bonds is 5. The van der Waals surface area contributed by atoms with Crippen molar-refractivity contribution < 1.29 is 9.15 Å². The van der Waals surface area contributed by atoms with Crippen LogP contribution < -0.4 is 10.1 Å². The molecule has 0 unspecified atom stereocenters. The predicted octanol–water partition coefficient (Wildman–Crippen LogP) is 3.63. The molecule has 0 aliphatic heterocycles. The lowest BCUT2D eigenvalue weighted by Gasteiger charge is -2.18. The molecule has 108 valence electrons. The molecule has 1 aromatic carbocycles. The van der Waals surface area contributed by atoms with E-state index < -0.39 is 0 Å². The van der Waals surface area contributed by atoms with Gasteiger partial charge in [0.15, 0.2) is 5.76 Å². The molecule has 1 aromatic heterocycles. The Balaban J connectivity index is 2.04. The van der Waals surface area contributed by atoms with Gasteiger partial charge in [-0.15, -0.1) is 0 Å². The summed E-state index contributed by atoms with van der Waals surface area (Å²) in [6.07, 6.45) is 1.76. The van der Waals surface area contributed by atoms with Crippen LogP contribution in [0.25, 0.3) is 11.3 Å². The highest BCUT2D eigenvalue weighted by atomic mass is 16.5. The molecule has 4 nitrogen and oxygen atoms in total. The Labute approximate surface area is 120 Å². The van der Waals surface area contributed by atoms with Crippen molar-refractivity contribution in [1.82, 2.24) is 10.3 Å². The van der Waals surface area contributed by atoms with Crippen LogP contribution in [0.3, 0.4) is 0 Å². The monoisotopic (exact) mass is 274 g/mol. The number of nitrogens with zero attached hydrogens (tertiary/aromatic N) is 1.